The molecule has 1 aromatic carbocycles. The van der Waals surface area contributed by atoms with Crippen molar-refractivity contribution < 1.29 is 4.74 Å². The average Bonchev–Trinajstić information content (AvgIpc) is 2.68. The van der Waals surface area contributed by atoms with Crippen molar-refractivity contribution >= 4 is 35.8 Å². The number of aliphatic imine (C=N–C) groups is 1. The second-order valence-electron chi connectivity index (χ2n) is 7.46. The Balaban J connectivity index is 0.00000300. The van der Waals surface area contributed by atoms with E-state index < -0.39 is 0 Å². The van der Waals surface area contributed by atoms with Crippen molar-refractivity contribution in [3.8, 4) is 0 Å². The number of morpholine rings is 1. The van der Waals surface area contributed by atoms with E-state index in [1.54, 1.807) is 7.05 Å². The molecule has 0 saturated carbocycles. The highest BCUT2D eigenvalue weighted by Crippen LogP contribution is 2.18. The summed E-state index contributed by atoms with van der Waals surface area (Å²) >= 11 is 0. The standard InChI is InChI=1S/C22H31N5O.HI/c1-16-6-5-7-19(10-16)11-25-22(23-4)26-13-20-8-9-21(24-12-20)27-14-17(2)28-18(3)15-27;/h5-10,12,17-18H,11,13-15H2,1-4H3,(H2,23,25,26);1H. The molecular weight excluding hydrogens is 477 g/mol. The second-order valence-corrected chi connectivity index (χ2v) is 7.46. The van der Waals surface area contributed by atoms with Crippen LogP contribution in [0.25, 0.3) is 0 Å². The number of guanidine groups is 1. The average molecular weight is 509 g/mol. The van der Waals surface area contributed by atoms with E-state index >= 15 is 0 Å². The van der Waals surface area contributed by atoms with Gasteiger partial charge in [-0.1, -0.05) is 35.9 Å². The number of aromatic nitrogens is 1. The van der Waals surface area contributed by atoms with Crippen LogP contribution in [0.2, 0.25) is 0 Å². The number of benzene rings is 1. The minimum Gasteiger partial charge on any atom is -0.372 e. The summed E-state index contributed by atoms with van der Waals surface area (Å²) in [7, 11) is 1.79. The van der Waals surface area contributed by atoms with Crippen molar-refractivity contribution in [2.75, 3.05) is 25.0 Å². The molecule has 29 heavy (non-hydrogen) atoms. The number of nitrogens with zero attached hydrogens (tertiary/aromatic N) is 3. The van der Waals surface area contributed by atoms with Crippen molar-refractivity contribution in [2.45, 2.75) is 46.1 Å². The van der Waals surface area contributed by atoms with Crippen LogP contribution in [-0.2, 0) is 17.8 Å². The first-order valence-electron chi connectivity index (χ1n) is 9.89. The number of nitrogens with one attached hydrogen (secondary N) is 2. The van der Waals surface area contributed by atoms with Gasteiger partial charge >= 0.3 is 0 Å². The first-order chi connectivity index (χ1) is 13.5. The molecule has 1 saturated heterocycles. The van der Waals surface area contributed by atoms with Gasteiger partial charge in [0.05, 0.1) is 12.2 Å². The Labute approximate surface area is 191 Å². The third kappa shape index (κ3) is 7.15. The van der Waals surface area contributed by atoms with E-state index in [-0.39, 0.29) is 36.2 Å². The Kier molecular flexibility index (Phi) is 9.16. The molecule has 0 bridgehead atoms. The molecule has 158 valence electrons. The van der Waals surface area contributed by atoms with Crippen LogP contribution >= 0.6 is 24.0 Å². The zero-order valence-electron chi connectivity index (χ0n) is 17.7. The highest BCUT2D eigenvalue weighted by molar-refractivity contribution is 14.0. The lowest BCUT2D eigenvalue weighted by molar-refractivity contribution is -0.00545. The van der Waals surface area contributed by atoms with Gasteiger partial charge in [0.1, 0.15) is 5.82 Å². The summed E-state index contributed by atoms with van der Waals surface area (Å²) in [5, 5.41) is 6.70. The number of halogens is 1. The highest BCUT2D eigenvalue weighted by Gasteiger charge is 2.22. The molecule has 1 aliphatic heterocycles. The summed E-state index contributed by atoms with van der Waals surface area (Å²) in [6, 6.07) is 12.7. The summed E-state index contributed by atoms with van der Waals surface area (Å²) in [5.74, 6) is 1.79. The highest BCUT2D eigenvalue weighted by atomic mass is 127. The minimum absolute atomic E-state index is 0. The molecular formula is C22H32IN5O. The Hall–Kier alpha value is -1.87. The van der Waals surface area contributed by atoms with Crippen LogP contribution in [-0.4, -0.2) is 43.3 Å². The number of rotatable bonds is 5. The fraction of sp³-hybridized carbons (Fsp3) is 0.455. The Morgan fingerprint density at radius 1 is 1.10 bits per heavy atom. The predicted molar refractivity (Wildman–Crippen MR) is 130 cm³/mol. The SMILES string of the molecule is CN=C(NCc1ccc(N2CC(C)OC(C)C2)nc1)NCc1cccc(C)c1.I. The smallest absolute Gasteiger partial charge is 0.191 e. The van der Waals surface area contributed by atoms with Crippen molar-refractivity contribution in [2.24, 2.45) is 4.99 Å². The van der Waals surface area contributed by atoms with E-state index in [0.29, 0.717) is 6.54 Å². The maximum atomic E-state index is 5.80. The molecule has 3 rings (SSSR count). The molecule has 2 N–H and O–H groups in total. The van der Waals surface area contributed by atoms with Crippen molar-refractivity contribution in [1.29, 1.82) is 0 Å². The van der Waals surface area contributed by atoms with E-state index in [1.165, 1.54) is 11.1 Å². The monoisotopic (exact) mass is 509 g/mol. The van der Waals surface area contributed by atoms with Crippen LogP contribution in [0.15, 0.2) is 47.6 Å². The predicted octanol–water partition coefficient (Wildman–Crippen LogP) is 3.49. The lowest BCUT2D eigenvalue weighted by Gasteiger charge is -2.36. The summed E-state index contributed by atoms with van der Waals surface area (Å²) in [6.07, 6.45) is 2.39. The molecule has 0 radical (unpaired) electrons. The first kappa shape index (κ1) is 23.4. The largest absolute Gasteiger partial charge is 0.372 e. The summed E-state index contributed by atoms with van der Waals surface area (Å²) in [6.45, 7) is 9.50. The van der Waals surface area contributed by atoms with E-state index in [9.17, 15) is 0 Å². The number of hydrogen-bond donors (Lipinski definition) is 2. The lowest BCUT2D eigenvalue weighted by atomic mass is 10.1. The second kappa shape index (κ2) is 11.3. The Morgan fingerprint density at radius 2 is 1.79 bits per heavy atom. The van der Waals surface area contributed by atoms with Crippen molar-refractivity contribution in [3.63, 3.8) is 0 Å². The Bertz CT molecular complexity index is 786. The zero-order chi connectivity index (χ0) is 19.9. The molecule has 7 heteroatoms. The fourth-order valence-electron chi connectivity index (χ4n) is 3.49. The molecule has 1 fully saturated rings. The van der Waals surface area contributed by atoms with Gasteiger partial charge in [-0.3, -0.25) is 4.99 Å². The topological polar surface area (TPSA) is 61.8 Å². The van der Waals surface area contributed by atoms with Crippen molar-refractivity contribution in [1.82, 2.24) is 15.6 Å². The van der Waals surface area contributed by atoms with Gasteiger partial charge in [-0.25, -0.2) is 4.98 Å². The number of pyridine rings is 1. The van der Waals surface area contributed by atoms with Gasteiger partial charge in [-0.05, 0) is 38.0 Å². The normalized spacial score (nSPS) is 19.4. The van der Waals surface area contributed by atoms with Crippen LogP contribution in [0.3, 0.4) is 0 Å². The van der Waals surface area contributed by atoms with Gasteiger partial charge in [0.25, 0.3) is 0 Å². The van der Waals surface area contributed by atoms with Gasteiger partial charge in [0.15, 0.2) is 5.96 Å². The fourth-order valence-corrected chi connectivity index (χ4v) is 3.49. The van der Waals surface area contributed by atoms with E-state index in [0.717, 1.165) is 37.0 Å². The van der Waals surface area contributed by atoms with Gasteiger partial charge < -0.3 is 20.3 Å². The zero-order valence-corrected chi connectivity index (χ0v) is 20.0. The molecule has 1 aliphatic rings. The van der Waals surface area contributed by atoms with Crippen LogP contribution in [0, 0.1) is 6.92 Å². The van der Waals surface area contributed by atoms with E-state index in [4.69, 9.17) is 4.74 Å². The number of hydrogen-bond acceptors (Lipinski definition) is 4. The number of aryl methyl sites for hydroxylation is 1. The maximum absolute atomic E-state index is 5.80. The third-order valence-electron chi connectivity index (χ3n) is 4.78. The quantitative estimate of drug-likeness (QED) is 0.367. The van der Waals surface area contributed by atoms with Gasteiger partial charge in [0.2, 0.25) is 0 Å². The molecule has 6 nitrogen and oxygen atoms in total. The summed E-state index contributed by atoms with van der Waals surface area (Å²) in [5.41, 5.74) is 3.62. The minimum atomic E-state index is 0. The van der Waals surface area contributed by atoms with Gasteiger partial charge in [-0.15, -0.1) is 24.0 Å². The molecule has 2 aromatic rings. The first-order valence-corrected chi connectivity index (χ1v) is 9.89. The molecule has 2 heterocycles. The molecule has 2 atom stereocenters. The molecule has 1 aromatic heterocycles. The number of anilines is 1. The van der Waals surface area contributed by atoms with E-state index in [1.807, 2.05) is 6.20 Å². The Morgan fingerprint density at radius 3 is 2.38 bits per heavy atom. The number of ether oxygens (including phenoxy) is 1. The van der Waals surface area contributed by atoms with Crippen LogP contribution < -0.4 is 15.5 Å². The summed E-state index contributed by atoms with van der Waals surface area (Å²) < 4.78 is 5.80. The molecule has 2 unspecified atom stereocenters. The van der Waals surface area contributed by atoms with Crippen LogP contribution in [0.1, 0.15) is 30.5 Å². The molecule has 0 spiro atoms. The molecule has 0 amide bonds. The van der Waals surface area contributed by atoms with Gasteiger partial charge in [-0.2, -0.15) is 0 Å². The third-order valence-corrected chi connectivity index (χ3v) is 4.78. The van der Waals surface area contributed by atoms with E-state index in [2.05, 4.69) is 82.7 Å². The maximum Gasteiger partial charge on any atom is 0.191 e. The summed E-state index contributed by atoms with van der Waals surface area (Å²) in [4.78, 5) is 11.2. The van der Waals surface area contributed by atoms with Gasteiger partial charge in [0, 0.05) is 39.4 Å². The molecule has 0 aliphatic carbocycles. The van der Waals surface area contributed by atoms with Crippen LogP contribution in [0.4, 0.5) is 5.82 Å². The van der Waals surface area contributed by atoms with Crippen molar-refractivity contribution in [3.05, 3.63) is 59.3 Å². The van der Waals surface area contributed by atoms with Crippen LogP contribution in [0.5, 0.6) is 0 Å². The lowest BCUT2D eigenvalue weighted by Crippen LogP contribution is -2.45.